The van der Waals surface area contributed by atoms with E-state index in [0.717, 1.165) is 25.5 Å². The second-order valence-corrected chi connectivity index (χ2v) is 7.30. The summed E-state index contributed by atoms with van der Waals surface area (Å²) >= 11 is 0. The van der Waals surface area contributed by atoms with E-state index >= 15 is 0 Å². The van der Waals surface area contributed by atoms with E-state index in [1.165, 1.54) is 51.6 Å². The van der Waals surface area contributed by atoms with Gasteiger partial charge >= 0.3 is 6.09 Å². The van der Waals surface area contributed by atoms with Crippen LogP contribution in [-0.2, 0) is 4.74 Å². The Labute approximate surface area is 158 Å². The molecule has 1 atom stereocenters. The van der Waals surface area contributed by atoms with Crippen LogP contribution in [0.25, 0.3) is 0 Å². The maximum Gasteiger partial charge on any atom is 0.407 e. The molecule has 1 heterocycles. The summed E-state index contributed by atoms with van der Waals surface area (Å²) in [5.74, 6) is 1.35. The van der Waals surface area contributed by atoms with Gasteiger partial charge in [-0.05, 0) is 64.6 Å². The number of guanidine groups is 1. The minimum Gasteiger partial charge on any atom is -0.450 e. The second-order valence-electron chi connectivity index (χ2n) is 7.30. The average Bonchev–Trinajstić information content (AvgIpc) is 3.47. The highest BCUT2D eigenvalue weighted by Crippen LogP contribution is 2.32. The van der Waals surface area contributed by atoms with Gasteiger partial charge in [0.1, 0.15) is 0 Å². The zero-order valence-electron chi connectivity index (χ0n) is 16.6. The first-order valence-electron chi connectivity index (χ1n) is 10.3. The molecule has 7 nitrogen and oxygen atoms in total. The summed E-state index contributed by atoms with van der Waals surface area (Å²) in [6.07, 6.45) is 8.57. The van der Waals surface area contributed by atoms with Crippen LogP contribution in [0.4, 0.5) is 4.79 Å². The number of nitrogens with zero attached hydrogens (tertiary/aromatic N) is 2. The molecule has 0 aromatic carbocycles. The topological polar surface area (TPSA) is 78.0 Å². The van der Waals surface area contributed by atoms with Crippen LogP contribution >= 0.6 is 0 Å². The maximum absolute atomic E-state index is 11.7. The highest BCUT2D eigenvalue weighted by Gasteiger charge is 2.32. The molecule has 1 amide bonds. The molecule has 150 valence electrons. The molecule has 1 unspecified atom stereocenters. The van der Waals surface area contributed by atoms with Gasteiger partial charge in [-0.2, -0.15) is 0 Å². The Hall–Kier alpha value is -1.50. The van der Waals surface area contributed by atoms with Crippen LogP contribution in [0, 0.1) is 5.92 Å². The van der Waals surface area contributed by atoms with E-state index < -0.39 is 0 Å². The van der Waals surface area contributed by atoms with E-state index in [2.05, 4.69) is 25.8 Å². The van der Waals surface area contributed by atoms with Crippen LogP contribution < -0.4 is 16.0 Å². The van der Waals surface area contributed by atoms with Gasteiger partial charge in [-0.25, -0.2) is 4.79 Å². The number of carbonyl (C=O) groups is 1. The maximum atomic E-state index is 11.7. The van der Waals surface area contributed by atoms with Crippen molar-refractivity contribution in [3.63, 3.8) is 0 Å². The zero-order valence-corrected chi connectivity index (χ0v) is 16.6. The highest BCUT2D eigenvalue weighted by molar-refractivity contribution is 5.79. The summed E-state index contributed by atoms with van der Waals surface area (Å²) in [5.41, 5.74) is 0. The van der Waals surface area contributed by atoms with E-state index in [-0.39, 0.29) is 12.1 Å². The summed E-state index contributed by atoms with van der Waals surface area (Å²) in [5, 5.41) is 9.69. The highest BCUT2D eigenvalue weighted by atomic mass is 16.5. The van der Waals surface area contributed by atoms with Gasteiger partial charge < -0.3 is 25.6 Å². The Morgan fingerprint density at radius 1 is 1.19 bits per heavy atom. The summed E-state index contributed by atoms with van der Waals surface area (Å²) in [6, 6.07) is 0.102. The van der Waals surface area contributed by atoms with Gasteiger partial charge in [-0.3, -0.25) is 4.99 Å². The van der Waals surface area contributed by atoms with E-state index in [4.69, 9.17) is 4.74 Å². The van der Waals surface area contributed by atoms with Gasteiger partial charge in [0, 0.05) is 20.1 Å². The summed E-state index contributed by atoms with van der Waals surface area (Å²) in [4.78, 5) is 18.5. The Morgan fingerprint density at radius 2 is 1.92 bits per heavy atom. The quantitative estimate of drug-likeness (QED) is 0.330. The van der Waals surface area contributed by atoms with Crippen molar-refractivity contribution in [1.29, 1.82) is 0 Å². The molecule has 7 heteroatoms. The molecule has 26 heavy (non-hydrogen) atoms. The van der Waals surface area contributed by atoms with Gasteiger partial charge in [0.2, 0.25) is 0 Å². The molecule has 2 fully saturated rings. The third kappa shape index (κ3) is 8.25. The average molecular weight is 368 g/mol. The van der Waals surface area contributed by atoms with E-state index in [1.807, 2.05) is 6.92 Å². The molecular formula is C19H37N5O2. The molecule has 2 aliphatic rings. The summed E-state index contributed by atoms with van der Waals surface area (Å²) in [6.45, 7) is 7.45. The van der Waals surface area contributed by atoms with E-state index in [1.54, 1.807) is 7.05 Å². The number of aliphatic imine (C=N–C) groups is 1. The number of ether oxygens (including phenoxy) is 1. The Bertz CT molecular complexity index is 432. The normalized spacial score (nSPS) is 20.2. The molecule has 3 N–H and O–H groups in total. The number of hydrogen-bond acceptors (Lipinski definition) is 4. The number of nitrogens with one attached hydrogen (secondary N) is 3. The van der Waals surface area contributed by atoms with Crippen LogP contribution in [0.1, 0.15) is 51.9 Å². The third-order valence-electron chi connectivity index (χ3n) is 5.12. The predicted molar refractivity (Wildman–Crippen MR) is 106 cm³/mol. The monoisotopic (exact) mass is 367 g/mol. The first kappa shape index (κ1) is 20.8. The minimum atomic E-state index is -0.327. The van der Waals surface area contributed by atoms with Crippen molar-refractivity contribution in [3.8, 4) is 0 Å². The number of alkyl carbamates (subject to hydrolysis) is 1. The minimum absolute atomic E-state index is 0.102. The van der Waals surface area contributed by atoms with Crippen molar-refractivity contribution in [1.82, 2.24) is 20.9 Å². The van der Waals surface area contributed by atoms with Crippen LogP contribution in [0.5, 0.6) is 0 Å². The van der Waals surface area contributed by atoms with Crippen molar-refractivity contribution >= 4 is 12.1 Å². The fourth-order valence-electron chi connectivity index (χ4n) is 3.45. The third-order valence-corrected chi connectivity index (χ3v) is 5.12. The molecule has 0 aromatic rings. The van der Waals surface area contributed by atoms with Crippen LogP contribution in [0.2, 0.25) is 0 Å². The van der Waals surface area contributed by atoms with E-state index in [0.29, 0.717) is 19.1 Å². The second kappa shape index (κ2) is 12.0. The molecule has 0 spiro atoms. The van der Waals surface area contributed by atoms with Gasteiger partial charge in [0.05, 0.1) is 12.6 Å². The fourth-order valence-corrected chi connectivity index (χ4v) is 3.45. The first-order chi connectivity index (χ1) is 12.7. The lowest BCUT2D eigenvalue weighted by Gasteiger charge is -2.21. The van der Waals surface area contributed by atoms with Crippen molar-refractivity contribution in [3.05, 3.63) is 0 Å². The largest absolute Gasteiger partial charge is 0.450 e. The predicted octanol–water partition coefficient (Wildman–Crippen LogP) is 1.94. The Morgan fingerprint density at radius 3 is 2.54 bits per heavy atom. The smallest absolute Gasteiger partial charge is 0.407 e. The SMILES string of the molecule is CCOC(=O)NC(CNC(=NC)NCCCN1CCCCCC1)C1CC1. The van der Waals surface area contributed by atoms with Gasteiger partial charge in [-0.15, -0.1) is 0 Å². The van der Waals surface area contributed by atoms with Gasteiger partial charge in [-0.1, -0.05) is 12.8 Å². The van der Waals surface area contributed by atoms with Crippen molar-refractivity contribution in [2.75, 3.05) is 46.4 Å². The molecule has 0 aromatic heterocycles. The van der Waals surface area contributed by atoms with Gasteiger partial charge in [0.15, 0.2) is 5.96 Å². The molecule has 2 rings (SSSR count). The van der Waals surface area contributed by atoms with Crippen molar-refractivity contribution in [2.24, 2.45) is 10.9 Å². The Kier molecular flexibility index (Phi) is 9.60. The Balaban J connectivity index is 1.62. The molecule has 1 saturated carbocycles. The lowest BCUT2D eigenvalue weighted by atomic mass is 10.2. The molecule has 1 aliphatic heterocycles. The number of hydrogen-bond donors (Lipinski definition) is 3. The summed E-state index contributed by atoms with van der Waals surface area (Å²) < 4.78 is 5.00. The molecule has 0 radical (unpaired) electrons. The van der Waals surface area contributed by atoms with Crippen LogP contribution in [-0.4, -0.2) is 69.4 Å². The van der Waals surface area contributed by atoms with Crippen molar-refractivity contribution in [2.45, 2.75) is 57.9 Å². The lowest BCUT2D eigenvalue weighted by Crippen LogP contribution is -2.48. The van der Waals surface area contributed by atoms with Crippen LogP contribution in [0.15, 0.2) is 4.99 Å². The van der Waals surface area contributed by atoms with Crippen LogP contribution in [0.3, 0.4) is 0 Å². The molecule has 0 bridgehead atoms. The number of likely N-dealkylation sites (tertiary alicyclic amines) is 1. The first-order valence-corrected chi connectivity index (χ1v) is 10.3. The number of rotatable bonds is 9. The molecular weight excluding hydrogens is 330 g/mol. The number of amides is 1. The van der Waals surface area contributed by atoms with Gasteiger partial charge in [0.25, 0.3) is 0 Å². The molecule has 1 aliphatic carbocycles. The summed E-state index contributed by atoms with van der Waals surface area (Å²) in [7, 11) is 1.79. The van der Waals surface area contributed by atoms with E-state index in [9.17, 15) is 4.79 Å². The molecule has 1 saturated heterocycles. The fraction of sp³-hybridized carbons (Fsp3) is 0.895. The van der Waals surface area contributed by atoms with Crippen molar-refractivity contribution < 1.29 is 9.53 Å². The lowest BCUT2D eigenvalue weighted by molar-refractivity contribution is 0.146. The standard InChI is InChI=1S/C19H37N5O2/c1-3-26-19(25)23-17(16-9-10-16)15-22-18(20-2)21-11-8-14-24-12-6-4-5-7-13-24/h16-17H,3-15H2,1-2H3,(H,23,25)(H2,20,21,22). The number of carbonyl (C=O) groups excluding carboxylic acids is 1. The zero-order chi connectivity index (χ0) is 18.6.